The Morgan fingerprint density at radius 1 is 0.150 bits per heavy atom. The molecule has 64 nitrogen and oxygen atoms in total. The molecule has 0 aromatic carbocycles. The van der Waals surface area contributed by atoms with Crippen LogP contribution < -0.4 is 0 Å². The van der Waals surface area contributed by atoms with Gasteiger partial charge in [-0.25, -0.2) is 33.5 Å². The maximum absolute atomic E-state index is 12.0. The Balaban J connectivity index is 1.13. The van der Waals surface area contributed by atoms with Gasteiger partial charge in [0.05, 0.1) is 52.9 Å². The van der Waals surface area contributed by atoms with Crippen LogP contribution in [0.2, 0.25) is 0 Å². The van der Waals surface area contributed by atoms with Crippen LogP contribution in [0.5, 0.6) is 0 Å². The van der Waals surface area contributed by atoms with Crippen molar-refractivity contribution in [3.05, 3.63) is 0 Å². The Hall–Kier alpha value is -2.32. The summed E-state index contributed by atoms with van der Waals surface area (Å²) in [5.74, 6) is 0. The number of aliphatic hydroxyl groups is 16. The predicted octanol–water partition coefficient (Wildman–Crippen LogP) is -18.8. The molecule has 120 heavy (non-hydrogen) atoms. The lowest BCUT2D eigenvalue weighted by Gasteiger charge is -2.51. The van der Waals surface area contributed by atoms with E-state index in [9.17, 15) is 185 Å². The Morgan fingerprint density at radius 2 is 0.233 bits per heavy atom. The van der Waals surface area contributed by atoms with Gasteiger partial charge in [0.25, 0.3) is 0 Å². The van der Waals surface area contributed by atoms with Crippen molar-refractivity contribution in [1.29, 1.82) is 0 Å². The molecule has 0 aromatic heterocycles. The first-order valence-electron chi connectivity index (χ1n) is 33.4. The zero-order chi connectivity index (χ0) is 89.7. The summed E-state index contributed by atoms with van der Waals surface area (Å²) >= 11 is 0. The fourth-order valence-corrected chi connectivity index (χ4v) is 15.5. The summed E-state index contributed by atoms with van der Waals surface area (Å²) in [6.45, 7) is -13.6. The smallest absolute Gasteiger partial charge is 0.387 e. The molecule has 0 spiro atoms. The molecule has 40 atom stereocenters. The molecule has 30 aliphatic heterocycles. The molecule has 0 aliphatic carbocycles. The van der Waals surface area contributed by atoms with Crippen LogP contribution in [-0.2, 0) is 192 Å². The van der Waals surface area contributed by atoms with Gasteiger partial charge in [-0.3, -0.25) is 36.4 Å². The van der Waals surface area contributed by atoms with Crippen LogP contribution in [0.15, 0.2) is 0 Å². The molecule has 24 N–H and O–H groups in total. The summed E-state index contributed by atoms with van der Waals surface area (Å²) in [6.07, 6.45) is -109. The highest BCUT2D eigenvalue weighted by Gasteiger charge is 2.62. The molecular formula is C48H80O64S8. The van der Waals surface area contributed by atoms with Gasteiger partial charge in [0.15, 0.2) is 50.3 Å². The van der Waals surface area contributed by atoms with Gasteiger partial charge in [-0.2, -0.15) is 67.3 Å². The standard InChI is InChI=1S/C48H80O64S8/c49-17-25(57)41-97-9(1-89-113(65,66)67)33(17)105-42-26(58)18(50)35(11(98-42)3-91-115(71,72)73)107-44-28(60)20(52)37(13(100-44)5-93-117(77,78)79)109-46-30(62)22(54)39(15(102-46)7-95-119(83,84)85)111-48-32(64)24(56)40(16(104-48)8-96-120(86,87)88)112-47-31(63)23(55)38(14(103-47)6-94-118(80,81)82)110-45-29(61)21(53)36(12(101-45)4-92-116(74,75)76)108-43-27(59)19(51)34(106-41)10(99-43)2-90-114(68,69)70/h9-64H,1-8H2,(H,65,66,67)(H,68,69,70)(H,71,72,73)(H,74,75,76)(H,77,78,79)(H,80,81,82)(H,83,84,85)(H,86,87,88)/t9-,10-,11-,12-,13-,14-,15-,16-,17-,18-,19-,20-,21-,22-,23-,24-,25-,26-,27-,28-,29+,30+,31+,32+,33-,34-,35-,36-,37-,38-,39-,40-,41-,42-,43-,44-,45-,46-,47-,48-/m1/s1. The zero-order valence-corrected chi connectivity index (χ0v) is 65.6. The van der Waals surface area contributed by atoms with Crippen molar-refractivity contribution >= 4 is 83.2 Å². The van der Waals surface area contributed by atoms with Gasteiger partial charge in [0, 0.05) is 0 Å². The minimum absolute atomic E-state index is 1.70. The van der Waals surface area contributed by atoms with Gasteiger partial charge in [-0.15, -0.1) is 0 Å². The topological polar surface area (TPSA) is 980 Å². The van der Waals surface area contributed by atoms with Crippen LogP contribution in [0.1, 0.15) is 0 Å². The van der Waals surface area contributed by atoms with E-state index in [4.69, 9.17) is 75.8 Å². The van der Waals surface area contributed by atoms with Crippen molar-refractivity contribution < 1.29 is 295 Å². The van der Waals surface area contributed by atoms with Crippen molar-refractivity contribution in [3.8, 4) is 0 Å². The lowest BCUT2D eigenvalue weighted by molar-refractivity contribution is -0.403. The Kier molecular flexibility index (Phi) is 33.8. The highest BCUT2D eigenvalue weighted by molar-refractivity contribution is 7.82. The quantitative estimate of drug-likeness (QED) is 0.0399. The monoisotopic (exact) mass is 1940 g/mol. The molecule has 30 saturated heterocycles. The Morgan fingerprint density at radius 3 is 0.308 bits per heavy atom. The third-order valence-corrected chi connectivity index (χ3v) is 22.0. The number of hydrogen-bond donors (Lipinski definition) is 24. The summed E-state index contributed by atoms with van der Waals surface area (Å²) in [7, 11) is -45.8. The van der Waals surface area contributed by atoms with E-state index in [2.05, 4.69) is 33.5 Å². The predicted molar refractivity (Wildman–Crippen MR) is 344 cm³/mol. The van der Waals surface area contributed by atoms with Crippen molar-refractivity contribution in [2.24, 2.45) is 0 Å². The van der Waals surface area contributed by atoms with Crippen LogP contribution in [0.4, 0.5) is 0 Å². The van der Waals surface area contributed by atoms with E-state index in [1.54, 1.807) is 0 Å². The lowest BCUT2D eigenvalue weighted by atomic mass is 9.94. The van der Waals surface area contributed by atoms with Gasteiger partial charge < -0.3 is 157 Å². The number of hydrogen-bond acceptors (Lipinski definition) is 56. The normalized spacial score (nSPS) is 44.9. The average Bonchev–Trinajstić information content (AvgIpc) is 0.772. The third-order valence-electron chi connectivity index (χ3n) is 18.5. The number of aliphatic hydroxyl groups excluding tert-OH is 16. The molecular weight excluding hydrogens is 1860 g/mol. The summed E-state index contributed by atoms with van der Waals surface area (Å²) < 4.78 is 394. The molecule has 30 aliphatic rings. The molecule has 16 bridgehead atoms. The van der Waals surface area contributed by atoms with Gasteiger partial charge in [-0.05, 0) is 0 Å². The van der Waals surface area contributed by atoms with Gasteiger partial charge in [-0.1, -0.05) is 0 Å². The SMILES string of the molecule is O=S(=O)(O)OC[C@H]1O[C@@H]2O[C@H]3[C@H](O)[C@H](O)[C@@H](O[C@H]4[C@H](O)[C@@H](O)[C@@H](O[C@H]5[C@H](O)[C@@H](O)[C@@H](O[C@H]6[C@H](O)[C@@H](O)[C@@H](O[C@H]7[C@H](O)[C@@H](O)[C@@H](O[C@H]8[C@H](O)[C@H](O)[C@@H](O[C@H]9[C@H](O)[C@H](O)[C@@H](O[C@H]1[C@H](O)[C@@H]2O)O[C@@H]9COS(=O)(=O)O)O[C@@H]8COS(=O)(=O)O)O[C@@H]7COS(=O)(=O)O)O[C@@H]6COS(=O)(=O)O)O[C@@H]5COS(=O)(=O)O)O[C@@H]4COS(=O)(=O)O)O[C@@H]3COS(=O)(=O)O. The molecule has 30 heterocycles. The molecule has 0 saturated carbocycles. The van der Waals surface area contributed by atoms with E-state index in [1.165, 1.54) is 0 Å². The second-order valence-electron chi connectivity index (χ2n) is 26.7. The molecule has 0 unspecified atom stereocenters. The Bertz CT molecular complexity index is 3530. The summed E-state index contributed by atoms with van der Waals surface area (Å²) in [4.78, 5) is 0. The second-order valence-corrected chi connectivity index (χ2v) is 35.4. The fraction of sp³-hybridized carbons (Fsp3) is 1.00. The first-order chi connectivity index (χ1) is 55.1. The summed E-state index contributed by atoms with van der Waals surface area (Å²) in [5.41, 5.74) is 0. The molecule has 30 rings (SSSR count). The van der Waals surface area contributed by atoms with Crippen molar-refractivity contribution in [3.63, 3.8) is 0 Å². The van der Waals surface area contributed by atoms with Gasteiger partial charge >= 0.3 is 83.2 Å². The van der Waals surface area contributed by atoms with Gasteiger partial charge in [0.1, 0.15) is 195 Å². The van der Waals surface area contributed by atoms with Crippen molar-refractivity contribution in [1.82, 2.24) is 0 Å². The Labute approximate surface area is 673 Å². The second kappa shape index (κ2) is 40.0. The maximum Gasteiger partial charge on any atom is 0.397 e. The molecule has 704 valence electrons. The maximum atomic E-state index is 12.0. The van der Waals surface area contributed by atoms with E-state index in [-0.39, 0.29) is 0 Å². The minimum Gasteiger partial charge on any atom is -0.387 e. The van der Waals surface area contributed by atoms with Crippen molar-refractivity contribution in [2.75, 3.05) is 52.9 Å². The van der Waals surface area contributed by atoms with Crippen LogP contribution in [-0.4, -0.2) is 484 Å². The van der Waals surface area contributed by atoms with Gasteiger partial charge in [0.2, 0.25) is 0 Å². The molecule has 72 heteroatoms. The van der Waals surface area contributed by atoms with Crippen LogP contribution in [0, 0.1) is 0 Å². The summed E-state index contributed by atoms with van der Waals surface area (Å²) in [6, 6.07) is 0. The number of ether oxygens (including phenoxy) is 16. The van der Waals surface area contributed by atoms with Crippen LogP contribution >= 0.6 is 0 Å². The third kappa shape index (κ3) is 26.9. The highest BCUT2D eigenvalue weighted by Crippen LogP contribution is 2.41. The largest absolute Gasteiger partial charge is 0.397 e. The van der Waals surface area contributed by atoms with E-state index in [0.29, 0.717) is 0 Å². The zero-order valence-electron chi connectivity index (χ0n) is 59.1. The highest BCUT2D eigenvalue weighted by atomic mass is 32.3. The molecule has 0 aromatic rings. The summed E-state index contributed by atoms with van der Waals surface area (Å²) in [5, 5.41) is 187. The van der Waals surface area contributed by atoms with E-state index >= 15 is 0 Å². The fourth-order valence-electron chi connectivity index (χ4n) is 13.0. The molecule has 0 amide bonds. The van der Waals surface area contributed by atoms with Crippen LogP contribution in [0.25, 0.3) is 0 Å². The van der Waals surface area contributed by atoms with E-state index < -0.39 is 382 Å². The van der Waals surface area contributed by atoms with E-state index in [1.807, 2.05) is 0 Å². The lowest BCUT2D eigenvalue weighted by Crippen LogP contribution is -2.69. The molecule has 30 fully saturated rings. The average molecular weight is 1940 g/mol. The molecule has 0 radical (unpaired) electrons. The van der Waals surface area contributed by atoms with Crippen LogP contribution in [0.3, 0.4) is 0 Å². The van der Waals surface area contributed by atoms with E-state index in [0.717, 1.165) is 0 Å². The first kappa shape index (κ1) is 101. The van der Waals surface area contributed by atoms with Crippen molar-refractivity contribution in [2.45, 2.75) is 246 Å². The minimum atomic E-state index is -5.73. The first-order valence-corrected chi connectivity index (χ1v) is 44.3. The number of rotatable bonds is 24.